The monoisotopic (exact) mass is 423 g/mol. The molecule has 0 saturated heterocycles. The summed E-state index contributed by atoms with van der Waals surface area (Å²) < 4.78 is 0. The number of hydrogen-bond donors (Lipinski definition) is 0. The number of anilines is 3. The highest BCUT2D eigenvalue weighted by Gasteiger charge is 2.36. The Hall–Kier alpha value is -3.03. The molecular weight excluding hydrogens is 398 g/mol. The zero-order chi connectivity index (χ0) is 21.8. The minimum absolute atomic E-state index is 0.0994. The summed E-state index contributed by atoms with van der Waals surface area (Å²) in [6.07, 6.45) is 0. The van der Waals surface area contributed by atoms with Crippen molar-refractivity contribution in [1.82, 2.24) is 0 Å². The van der Waals surface area contributed by atoms with Gasteiger partial charge in [0.15, 0.2) is 0 Å². The Kier molecular flexibility index (Phi) is 4.68. The van der Waals surface area contributed by atoms with Crippen LogP contribution in [-0.4, -0.2) is 0 Å². The summed E-state index contributed by atoms with van der Waals surface area (Å²) in [6.45, 7) is 8.83. The van der Waals surface area contributed by atoms with Gasteiger partial charge in [0, 0.05) is 27.5 Å². The molecular formula is C29H26ClN. The lowest BCUT2D eigenvalue weighted by Gasteiger charge is -2.28. The van der Waals surface area contributed by atoms with Gasteiger partial charge in [-0.3, -0.25) is 0 Å². The maximum atomic E-state index is 6.35. The standard InChI is InChI=1S/C29H26ClN/c1-19-5-10-22(11-6-19)31(23-12-7-20(2)8-13-23)24-14-16-26-25-15-9-21(30)17-27(25)29(3,4)28(26)18-24/h5-18H,1-4H3. The van der Waals surface area contributed by atoms with Crippen LogP contribution < -0.4 is 4.90 Å². The molecule has 1 aliphatic carbocycles. The molecule has 0 saturated carbocycles. The quantitative estimate of drug-likeness (QED) is 0.318. The van der Waals surface area contributed by atoms with E-state index >= 15 is 0 Å². The van der Waals surface area contributed by atoms with Crippen LogP contribution in [0.5, 0.6) is 0 Å². The molecule has 0 aliphatic heterocycles. The Morgan fingerprint density at radius 2 is 1.03 bits per heavy atom. The molecule has 4 aromatic rings. The number of nitrogens with zero attached hydrogens (tertiary/aromatic N) is 1. The molecule has 0 bridgehead atoms. The first-order chi connectivity index (χ1) is 14.8. The van der Waals surface area contributed by atoms with Crippen molar-refractivity contribution in [2.24, 2.45) is 0 Å². The Morgan fingerprint density at radius 1 is 0.581 bits per heavy atom. The summed E-state index contributed by atoms with van der Waals surface area (Å²) >= 11 is 6.35. The van der Waals surface area contributed by atoms with Crippen LogP contribution in [0.3, 0.4) is 0 Å². The van der Waals surface area contributed by atoms with Crippen LogP contribution in [-0.2, 0) is 5.41 Å². The van der Waals surface area contributed by atoms with Gasteiger partial charge in [-0.1, -0.05) is 73.0 Å². The molecule has 1 aliphatic rings. The van der Waals surface area contributed by atoms with Crippen LogP contribution in [0.25, 0.3) is 11.1 Å². The summed E-state index contributed by atoms with van der Waals surface area (Å²) in [4.78, 5) is 2.34. The van der Waals surface area contributed by atoms with E-state index in [2.05, 4.69) is 111 Å². The molecule has 0 fully saturated rings. The van der Waals surface area contributed by atoms with Gasteiger partial charge >= 0.3 is 0 Å². The number of rotatable bonds is 3. The average Bonchev–Trinajstić information content (AvgIpc) is 2.97. The second kappa shape index (κ2) is 7.28. The largest absolute Gasteiger partial charge is 0.310 e. The van der Waals surface area contributed by atoms with Gasteiger partial charge in [0.05, 0.1) is 0 Å². The van der Waals surface area contributed by atoms with Gasteiger partial charge in [0.1, 0.15) is 0 Å². The third-order valence-corrected chi connectivity index (χ3v) is 6.70. The second-order valence-corrected chi connectivity index (χ2v) is 9.49. The Labute approximate surface area is 189 Å². The first kappa shape index (κ1) is 19.9. The molecule has 1 nitrogen and oxygen atoms in total. The van der Waals surface area contributed by atoms with E-state index in [1.165, 1.54) is 39.1 Å². The number of benzene rings is 4. The third kappa shape index (κ3) is 3.34. The molecule has 154 valence electrons. The van der Waals surface area contributed by atoms with Gasteiger partial charge in [-0.2, -0.15) is 0 Å². The van der Waals surface area contributed by atoms with Gasteiger partial charge in [-0.05, 0) is 84.6 Å². The molecule has 0 atom stereocenters. The Balaban J connectivity index is 1.68. The average molecular weight is 424 g/mol. The molecule has 0 heterocycles. The lowest BCUT2D eigenvalue weighted by molar-refractivity contribution is 0.660. The van der Waals surface area contributed by atoms with E-state index in [9.17, 15) is 0 Å². The minimum Gasteiger partial charge on any atom is -0.310 e. The van der Waals surface area contributed by atoms with E-state index in [-0.39, 0.29) is 5.41 Å². The van der Waals surface area contributed by atoms with Gasteiger partial charge in [0.2, 0.25) is 0 Å². The van der Waals surface area contributed by atoms with Crippen LogP contribution in [0.4, 0.5) is 17.1 Å². The SMILES string of the molecule is Cc1ccc(N(c2ccc(C)cc2)c2ccc3c(c2)C(C)(C)c2cc(Cl)ccc2-3)cc1. The molecule has 0 N–H and O–H groups in total. The van der Waals surface area contributed by atoms with Crippen molar-refractivity contribution in [3.63, 3.8) is 0 Å². The molecule has 4 aromatic carbocycles. The normalized spacial score (nSPS) is 13.6. The van der Waals surface area contributed by atoms with E-state index in [0.717, 1.165) is 16.4 Å². The van der Waals surface area contributed by atoms with Crippen molar-refractivity contribution in [2.75, 3.05) is 4.90 Å². The number of aryl methyl sites for hydroxylation is 2. The van der Waals surface area contributed by atoms with Gasteiger partial charge in [0.25, 0.3) is 0 Å². The van der Waals surface area contributed by atoms with Crippen LogP contribution in [0.1, 0.15) is 36.1 Å². The van der Waals surface area contributed by atoms with Crippen LogP contribution in [0.15, 0.2) is 84.9 Å². The van der Waals surface area contributed by atoms with E-state index in [4.69, 9.17) is 11.6 Å². The highest BCUT2D eigenvalue weighted by Crippen LogP contribution is 2.51. The fourth-order valence-corrected chi connectivity index (χ4v) is 4.84. The molecule has 0 radical (unpaired) electrons. The topological polar surface area (TPSA) is 3.24 Å². The van der Waals surface area contributed by atoms with Crippen molar-refractivity contribution < 1.29 is 0 Å². The fourth-order valence-electron chi connectivity index (χ4n) is 4.67. The van der Waals surface area contributed by atoms with E-state index in [0.29, 0.717) is 0 Å². The summed E-state index contributed by atoms with van der Waals surface area (Å²) in [5.74, 6) is 0. The first-order valence-corrected chi connectivity index (χ1v) is 11.1. The van der Waals surface area contributed by atoms with Crippen molar-refractivity contribution in [1.29, 1.82) is 0 Å². The number of hydrogen-bond acceptors (Lipinski definition) is 1. The predicted molar refractivity (Wildman–Crippen MR) is 133 cm³/mol. The highest BCUT2D eigenvalue weighted by molar-refractivity contribution is 6.30. The zero-order valence-electron chi connectivity index (χ0n) is 18.4. The van der Waals surface area contributed by atoms with Crippen molar-refractivity contribution in [3.05, 3.63) is 112 Å². The molecule has 0 unspecified atom stereocenters. The third-order valence-electron chi connectivity index (χ3n) is 6.46. The highest BCUT2D eigenvalue weighted by atomic mass is 35.5. The zero-order valence-corrected chi connectivity index (χ0v) is 19.2. The molecule has 0 aromatic heterocycles. The molecule has 0 spiro atoms. The summed E-state index contributed by atoms with van der Waals surface area (Å²) in [5.41, 5.74) is 11.1. The fraction of sp³-hybridized carbons (Fsp3) is 0.172. The maximum Gasteiger partial charge on any atom is 0.0465 e. The summed E-state index contributed by atoms with van der Waals surface area (Å²) in [6, 6.07) is 30.6. The van der Waals surface area contributed by atoms with Crippen LogP contribution in [0, 0.1) is 13.8 Å². The second-order valence-electron chi connectivity index (χ2n) is 9.05. The summed E-state index contributed by atoms with van der Waals surface area (Å²) in [5, 5.41) is 0.792. The maximum absolute atomic E-state index is 6.35. The lowest BCUT2D eigenvalue weighted by Crippen LogP contribution is -2.16. The van der Waals surface area contributed by atoms with E-state index in [1.807, 2.05) is 6.07 Å². The first-order valence-electron chi connectivity index (χ1n) is 10.7. The summed E-state index contributed by atoms with van der Waals surface area (Å²) in [7, 11) is 0. The van der Waals surface area contributed by atoms with Gasteiger partial charge in [-0.15, -0.1) is 0 Å². The number of fused-ring (bicyclic) bond motifs is 3. The van der Waals surface area contributed by atoms with E-state index < -0.39 is 0 Å². The van der Waals surface area contributed by atoms with Crippen molar-refractivity contribution >= 4 is 28.7 Å². The minimum atomic E-state index is -0.0994. The molecule has 0 amide bonds. The van der Waals surface area contributed by atoms with Crippen molar-refractivity contribution in [3.8, 4) is 11.1 Å². The van der Waals surface area contributed by atoms with Gasteiger partial charge in [-0.25, -0.2) is 0 Å². The smallest absolute Gasteiger partial charge is 0.0465 e. The lowest BCUT2D eigenvalue weighted by atomic mass is 9.82. The van der Waals surface area contributed by atoms with Crippen LogP contribution >= 0.6 is 11.6 Å². The van der Waals surface area contributed by atoms with Gasteiger partial charge < -0.3 is 4.90 Å². The number of halogens is 1. The van der Waals surface area contributed by atoms with E-state index in [1.54, 1.807) is 0 Å². The van der Waals surface area contributed by atoms with Crippen molar-refractivity contribution in [2.45, 2.75) is 33.1 Å². The van der Waals surface area contributed by atoms with Crippen LogP contribution in [0.2, 0.25) is 5.02 Å². The predicted octanol–water partition coefficient (Wildman–Crippen LogP) is 8.73. The molecule has 31 heavy (non-hydrogen) atoms. The molecule has 5 rings (SSSR count). The molecule has 2 heteroatoms. The Morgan fingerprint density at radius 3 is 1.58 bits per heavy atom. The Bertz CT molecular complexity index is 1220.